The molecule has 3 saturated carbocycles. The molecular weight excluding hydrogens is 310 g/mol. The monoisotopic (exact) mass is 334 g/mol. The van der Waals surface area contributed by atoms with E-state index in [-0.39, 0.29) is 24.0 Å². The molecule has 130 valence electrons. The Morgan fingerprint density at radius 1 is 1.17 bits per heavy atom. The number of hydrogen-bond donors (Lipinski definition) is 1. The highest BCUT2D eigenvalue weighted by Crippen LogP contribution is 2.66. The maximum absolute atomic E-state index is 14.2. The first-order chi connectivity index (χ1) is 11.4. The van der Waals surface area contributed by atoms with Crippen molar-refractivity contribution in [2.75, 3.05) is 0 Å². The van der Waals surface area contributed by atoms with Gasteiger partial charge in [-0.25, -0.2) is 8.78 Å². The number of fused-ring (bicyclic) bond motifs is 5. The normalized spacial score (nSPS) is 47.5. The van der Waals surface area contributed by atoms with Crippen LogP contribution in [0.3, 0.4) is 0 Å². The zero-order valence-corrected chi connectivity index (χ0v) is 13.8. The summed E-state index contributed by atoms with van der Waals surface area (Å²) >= 11 is 0. The van der Waals surface area contributed by atoms with Gasteiger partial charge in [0.25, 0.3) is 0 Å². The van der Waals surface area contributed by atoms with E-state index in [1.165, 1.54) is 5.57 Å². The van der Waals surface area contributed by atoms with Gasteiger partial charge < -0.3 is 5.11 Å². The Labute approximate surface area is 141 Å². The first kappa shape index (κ1) is 16.3. The van der Waals surface area contributed by atoms with E-state index in [1.807, 2.05) is 6.08 Å². The molecule has 2 nitrogen and oxygen atoms in total. The molecule has 0 unspecified atom stereocenters. The summed E-state index contributed by atoms with van der Waals surface area (Å²) in [5, 5.41) is 10.8. The minimum atomic E-state index is -2.59. The highest BCUT2D eigenvalue weighted by Gasteiger charge is 2.68. The largest absolute Gasteiger partial charge is 0.377 e. The van der Waals surface area contributed by atoms with Gasteiger partial charge in [-0.05, 0) is 74.7 Å². The molecule has 0 saturated heterocycles. The fraction of sp³-hybridized carbons (Fsp3) is 0.750. The van der Waals surface area contributed by atoms with Crippen LogP contribution in [0.2, 0.25) is 0 Å². The minimum Gasteiger partial charge on any atom is -0.377 e. The Bertz CT molecular complexity index is 634. The summed E-state index contributed by atoms with van der Waals surface area (Å²) in [6, 6.07) is 0. The zero-order valence-electron chi connectivity index (χ0n) is 13.8. The predicted octanol–water partition coefficient (Wildman–Crippen LogP) is 3.74. The Kier molecular flexibility index (Phi) is 3.66. The van der Waals surface area contributed by atoms with Gasteiger partial charge in [-0.1, -0.05) is 11.5 Å². The molecule has 4 heteroatoms. The first-order valence-electron chi connectivity index (χ1n) is 9.14. The number of hydrogen-bond acceptors (Lipinski definition) is 2. The van der Waals surface area contributed by atoms with E-state index >= 15 is 0 Å². The maximum atomic E-state index is 14.2. The molecule has 0 aromatic heterocycles. The molecule has 3 fully saturated rings. The van der Waals surface area contributed by atoms with Crippen LogP contribution in [-0.4, -0.2) is 22.9 Å². The van der Waals surface area contributed by atoms with Crippen LogP contribution in [0.4, 0.5) is 8.78 Å². The number of aliphatic hydroxyl groups is 1. The Hall–Kier alpha value is -1.21. The fourth-order valence-electron chi connectivity index (χ4n) is 6.59. The average molecular weight is 334 g/mol. The van der Waals surface area contributed by atoms with Gasteiger partial charge in [-0.15, -0.1) is 6.42 Å². The third-order valence-corrected chi connectivity index (χ3v) is 7.64. The zero-order chi connectivity index (χ0) is 17.1. The van der Waals surface area contributed by atoms with Crippen LogP contribution in [0.5, 0.6) is 0 Å². The van der Waals surface area contributed by atoms with Gasteiger partial charge in [0.2, 0.25) is 6.43 Å². The highest BCUT2D eigenvalue weighted by atomic mass is 19.3. The van der Waals surface area contributed by atoms with Crippen LogP contribution < -0.4 is 0 Å². The molecule has 4 aliphatic rings. The second-order valence-corrected chi connectivity index (χ2v) is 8.23. The molecule has 4 rings (SSSR count). The number of halogens is 2. The lowest BCUT2D eigenvalue weighted by Crippen LogP contribution is -2.57. The van der Waals surface area contributed by atoms with E-state index in [9.17, 15) is 18.7 Å². The number of alkyl halides is 2. The Morgan fingerprint density at radius 3 is 2.67 bits per heavy atom. The topological polar surface area (TPSA) is 37.3 Å². The van der Waals surface area contributed by atoms with Crippen molar-refractivity contribution >= 4 is 5.78 Å². The molecule has 0 aliphatic heterocycles. The van der Waals surface area contributed by atoms with Crippen molar-refractivity contribution in [3.05, 3.63) is 11.6 Å². The second-order valence-electron chi connectivity index (χ2n) is 8.23. The third-order valence-electron chi connectivity index (χ3n) is 7.64. The summed E-state index contributed by atoms with van der Waals surface area (Å²) < 4.78 is 28.4. The van der Waals surface area contributed by atoms with Crippen molar-refractivity contribution in [3.8, 4) is 12.3 Å². The summed E-state index contributed by atoms with van der Waals surface area (Å²) in [6.45, 7) is 0. The average Bonchev–Trinajstić information content (AvgIpc) is 2.89. The first-order valence-corrected chi connectivity index (χ1v) is 9.14. The van der Waals surface area contributed by atoms with Gasteiger partial charge in [0.05, 0.1) is 5.41 Å². The summed E-state index contributed by atoms with van der Waals surface area (Å²) in [4.78, 5) is 11.7. The molecule has 0 bridgehead atoms. The molecule has 24 heavy (non-hydrogen) atoms. The third kappa shape index (κ3) is 1.94. The SMILES string of the molecule is C#C[C@]1(O)CC[C@H]2[C@@H]3CCC4=CC(=O)CC[C@@H]4[C@H]3CC[C@@]21C(F)F. The van der Waals surface area contributed by atoms with E-state index in [0.29, 0.717) is 37.5 Å². The number of ketones is 1. The lowest BCUT2D eigenvalue weighted by atomic mass is 9.50. The molecule has 0 spiro atoms. The number of carbonyl (C=O) groups is 1. The van der Waals surface area contributed by atoms with E-state index < -0.39 is 17.4 Å². The standard InChI is InChI=1S/C20H24F2O2/c1-2-19(24)9-8-17-16-5-3-12-11-13(23)4-6-14(12)15(16)7-10-20(17,19)18(21)22/h1,11,14-18,24H,3-10H2/t14-,15+,16+,17-,19-,20-/m0/s1. The lowest BCUT2D eigenvalue weighted by molar-refractivity contribution is -0.173. The molecule has 0 aromatic rings. The van der Waals surface area contributed by atoms with Gasteiger partial charge in [0, 0.05) is 6.42 Å². The molecule has 1 N–H and O–H groups in total. The van der Waals surface area contributed by atoms with E-state index in [1.54, 1.807) is 0 Å². The molecule has 0 radical (unpaired) electrons. The van der Waals surface area contributed by atoms with Crippen molar-refractivity contribution in [1.82, 2.24) is 0 Å². The van der Waals surface area contributed by atoms with Crippen LogP contribution in [0.25, 0.3) is 0 Å². The second kappa shape index (κ2) is 5.39. The van der Waals surface area contributed by atoms with Gasteiger partial charge in [0.15, 0.2) is 5.78 Å². The molecule has 0 heterocycles. The summed E-state index contributed by atoms with van der Waals surface area (Å²) in [6.07, 6.45) is 9.72. The van der Waals surface area contributed by atoms with Gasteiger partial charge in [0.1, 0.15) is 5.60 Å². The van der Waals surface area contributed by atoms with Crippen molar-refractivity contribution in [2.45, 2.75) is 63.4 Å². The number of terminal acetylenes is 1. The van der Waals surface area contributed by atoms with Crippen LogP contribution >= 0.6 is 0 Å². The summed E-state index contributed by atoms with van der Waals surface area (Å²) in [5.74, 6) is 3.29. The molecule has 6 atom stereocenters. The van der Waals surface area contributed by atoms with Crippen LogP contribution in [0.15, 0.2) is 11.6 Å². The van der Waals surface area contributed by atoms with Crippen molar-refractivity contribution in [1.29, 1.82) is 0 Å². The number of rotatable bonds is 1. The number of allylic oxidation sites excluding steroid dienone is 1. The van der Waals surface area contributed by atoms with E-state index in [2.05, 4.69) is 5.92 Å². The maximum Gasteiger partial charge on any atom is 0.248 e. The fourth-order valence-corrected chi connectivity index (χ4v) is 6.59. The van der Waals surface area contributed by atoms with E-state index in [4.69, 9.17) is 6.42 Å². The minimum absolute atomic E-state index is 0.198. The highest BCUT2D eigenvalue weighted by molar-refractivity contribution is 5.91. The lowest BCUT2D eigenvalue weighted by Gasteiger charge is -2.55. The van der Waals surface area contributed by atoms with Crippen LogP contribution in [0, 0.1) is 41.4 Å². The summed E-state index contributed by atoms with van der Waals surface area (Å²) in [7, 11) is 0. The predicted molar refractivity (Wildman–Crippen MR) is 86.2 cm³/mol. The van der Waals surface area contributed by atoms with Gasteiger partial charge in [-0.3, -0.25) is 4.79 Å². The van der Waals surface area contributed by atoms with Gasteiger partial charge >= 0.3 is 0 Å². The van der Waals surface area contributed by atoms with Crippen LogP contribution in [0.1, 0.15) is 51.4 Å². The summed E-state index contributed by atoms with van der Waals surface area (Å²) in [5.41, 5.74) is -1.87. The van der Waals surface area contributed by atoms with Gasteiger partial charge in [-0.2, -0.15) is 0 Å². The Balaban J connectivity index is 1.70. The van der Waals surface area contributed by atoms with Crippen molar-refractivity contribution in [2.24, 2.45) is 29.1 Å². The molecular formula is C20H24F2O2. The van der Waals surface area contributed by atoms with Crippen LogP contribution in [-0.2, 0) is 4.79 Å². The number of carbonyl (C=O) groups excluding carboxylic acids is 1. The quantitative estimate of drug-likeness (QED) is 0.742. The Morgan fingerprint density at radius 2 is 1.96 bits per heavy atom. The van der Waals surface area contributed by atoms with Crippen molar-refractivity contribution < 1.29 is 18.7 Å². The van der Waals surface area contributed by atoms with E-state index in [0.717, 1.165) is 19.3 Å². The molecule has 0 aromatic carbocycles. The molecule has 4 aliphatic carbocycles. The molecule has 0 amide bonds. The smallest absolute Gasteiger partial charge is 0.248 e. The van der Waals surface area contributed by atoms with Crippen molar-refractivity contribution in [3.63, 3.8) is 0 Å².